The third-order valence-corrected chi connectivity index (χ3v) is 4.32. The third kappa shape index (κ3) is 5.67. The Kier molecular flexibility index (Phi) is 6.00. The van der Waals surface area contributed by atoms with E-state index in [1.54, 1.807) is 40.8 Å². The van der Waals surface area contributed by atoms with E-state index < -0.39 is 28.2 Å². The summed E-state index contributed by atoms with van der Waals surface area (Å²) in [5.74, 6) is -2.59. The van der Waals surface area contributed by atoms with Gasteiger partial charge < -0.3 is 9.84 Å². The second kappa shape index (κ2) is 7.13. The first-order valence-electron chi connectivity index (χ1n) is 7.02. The van der Waals surface area contributed by atoms with Gasteiger partial charge in [0.15, 0.2) is 5.92 Å². The number of carbonyl (C=O) groups excluding carboxylic acids is 1. The molecule has 0 aromatic carbocycles. The number of carboxylic acids is 1. The number of rotatable bonds is 6. The zero-order chi connectivity index (χ0) is 17.0. The lowest BCUT2D eigenvalue weighted by Crippen LogP contribution is -2.43. The number of aromatic nitrogens is 1. The Morgan fingerprint density at radius 2 is 1.91 bits per heavy atom. The Balaban J connectivity index is 2.84. The molecule has 6 heteroatoms. The molecule has 0 spiro atoms. The number of hydrogen-bond acceptors (Lipinski definition) is 5. The smallest absolute Gasteiger partial charge is 0.322 e. The van der Waals surface area contributed by atoms with Gasteiger partial charge in [-0.05, 0) is 46.8 Å². The molecule has 0 saturated carbocycles. The lowest BCUT2D eigenvalue weighted by molar-refractivity contribution is -0.167. The van der Waals surface area contributed by atoms with Gasteiger partial charge in [0.2, 0.25) is 0 Å². The quantitative estimate of drug-likeness (QED) is 0.639. The van der Waals surface area contributed by atoms with Gasteiger partial charge in [0.05, 0.1) is 5.69 Å². The molecule has 0 aliphatic carbocycles. The van der Waals surface area contributed by atoms with Crippen molar-refractivity contribution in [3.63, 3.8) is 0 Å². The second-order valence-electron chi connectivity index (χ2n) is 6.52. The Labute approximate surface area is 135 Å². The molecular weight excluding hydrogens is 302 g/mol. The molecule has 1 aromatic rings. The molecule has 1 heterocycles. The topological polar surface area (TPSA) is 76.5 Å². The lowest BCUT2D eigenvalue weighted by atomic mass is 9.94. The third-order valence-electron chi connectivity index (χ3n) is 2.90. The Morgan fingerprint density at radius 1 is 1.27 bits per heavy atom. The van der Waals surface area contributed by atoms with Crippen LogP contribution in [0.1, 0.15) is 40.3 Å². The van der Waals surface area contributed by atoms with Gasteiger partial charge in [-0.2, -0.15) is 0 Å². The summed E-state index contributed by atoms with van der Waals surface area (Å²) in [4.78, 5) is 28.0. The van der Waals surface area contributed by atoms with E-state index in [2.05, 4.69) is 4.98 Å². The zero-order valence-corrected chi connectivity index (χ0v) is 14.4. The SMILES string of the molecule is CC(C)(C)OC(=O)[C@@H](C(=O)O)C(C)(C)SCc1ccccn1. The molecule has 0 bridgehead atoms. The van der Waals surface area contributed by atoms with Gasteiger partial charge >= 0.3 is 11.9 Å². The lowest BCUT2D eigenvalue weighted by Gasteiger charge is -2.31. The number of thioether (sulfide) groups is 1. The number of carbonyl (C=O) groups is 2. The predicted molar refractivity (Wildman–Crippen MR) is 86.6 cm³/mol. The summed E-state index contributed by atoms with van der Waals surface area (Å²) in [5.41, 5.74) is 0.126. The molecule has 5 nitrogen and oxygen atoms in total. The molecule has 0 unspecified atom stereocenters. The van der Waals surface area contributed by atoms with Crippen LogP contribution in [-0.2, 0) is 20.1 Å². The first kappa shape index (κ1) is 18.5. The molecule has 1 aromatic heterocycles. The van der Waals surface area contributed by atoms with E-state index in [-0.39, 0.29) is 0 Å². The standard InChI is InChI=1S/C16H23NO4S/c1-15(2,3)21-14(20)12(13(18)19)16(4,5)22-10-11-8-6-7-9-17-11/h6-9,12H,10H2,1-5H3,(H,18,19)/t12-/m1/s1. The Morgan fingerprint density at radius 3 is 2.36 bits per heavy atom. The number of carboxylic acid groups (broad SMARTS) is 1. The van der Waals surface area contributed by atoms with Crippen LogP contribution in [0.2, 0.25) is 0 Å². The summed E-state index contributed by atoms with van der Waals surface area (Å²) in [6.45, 7) is 8.64. The molecule has 0 saturated heterocycles. The van der Waals surface area contributed by atoms with Crippen molar-refractivity contribution in [2.24, 2.45) is 5.92 Å². The maximum atomic E-state index is 12.2. The van der Waals surface area contributed by atoms with Crippen molar-refractivity contribution < 1.29 is 19.4 Å². The summed E-state index contributed by atoms with van der Waals surface area (Å²) in [5, 5.41) is 9.44. The van der Waals surface area contributed by atoms with Crippen molar-refractivity contribution in [3.8, 4) is 0 Å². The van der Waals surface area contributed by atoms with E-state index in [9.17, 15) is 14.7 Å². The van der Waals surface area contributed by atoms with Gasteiger partial charge in [-0.25, -0.2) is 0 Å². The molecule has 122 valence electrons. The summed E-state index contributed by atoms with van der Waals surface area (Å²) < 4.78 is 4.44. The van der Waals surface area contributed by atoms with E-state index in [1.165, 1.54) is 11.8 Å². The van der Waals surface area contributed by atoms with E-state index in [4.69, 9.17) is 4.74 Å². The number of ether oxygens (including phenoxy) is 1. The van der Waals surface area contributed by atoms with Gasteiger partial charge in [-0.1, -0.05) is 6.07 Å². The average Bonchev–Trinajstić information content (AvgIpc) is 2.34. The van der Waals surface area contributed by atoms with E-state index in [0.717, 1.165) is 5.69 Å². The van der Waals surface area contributed by atoms with Gasteiger partial charge in [0, 0.05) is 16.7 Å². The van der Waals surface area contributed by atoms with Crippen LogP contribution >= 0.6 is 11.8 Å². The highest BCUT2D eigenvalue weighted by atomic mass is 32.2. The van der Waals surface area contributed by atoms with Crippen LogP contribution in [0.15, 0.2) is 24.4 Å². The van der Waals surface area contributed by atoms with Crippen LogP contribution < -0.4 is 0 Å². The summed E-state index contributed by atoms with van der Waals surface area (Å²) in [6, 6.07) is 5.56. The number of pyridine rings is 1. The molecule has 0 aliphatic rings. The number of hydrogen-bond donors (Lipinski definition) is 1. The van der Waals surface area contributed by atoms with Gasteiger partial charge in [0.25, 0.3) is 0 Å². The van der Waals surface area contributed by atoms with Crippen molar-refractivity contribution in [1.29, 1.82) is 0 Å². The number of esters is 1. The highest BCUT2D eigenvalue weighted by molar-refractivity contribution is 7.99. The monoisotopic (exact) mass is 325 g/mol. The molecule has 1 atom stereocenters. The highest BCUT2D eigenvalue weighted by Gasteiger charge is 2.44. The molecular formula is C16H23NO4S. The molecule has 0 radical (unpaired) electrons. The normalized spacial score (nSPS) is 13.5. The average molecular weight is 325 g/mol. The molecule has 1 rings (SSSR count). The van der Waals surface area contributed by atoms with Gasteiger partial charge in [-0.3, -0.25) is 14.6 Å². The molecule has 0 aliphatic heterocycles. The maximum Gasteiger partial charge on any atom is 0.322 e. The summed E-state index contributed by atoms with van der Waals surface area (Å²) >= 11 is 1.38. The minimum atomic E-state index is -1.24. The first-order chi connectivity index (χ1) is 10.0. The Bertz CT molecular complexity index is 523. The molecule has 0 fully saturated rings. The highest BCUT2D eigenvalue weighted by Crippen LogP contribution is 2.36. The van der Waals surface area contributed by atoms with Crippen molar-refractivity contribution in [1.82, 2.24) is 4.98 Å². The number of aliphatic carboxylic acids is 1. The van der Waals surface area contributed by atoms with Crippen molar-refractivity contribution in [2.75, 3.05) is 0 Å². The van der Waals surface area contributed by atoms with Crippen molar-refractivity contribution in [2.45, 2.75) is 50.7 Å². The minimum absolute atomic E-state index is 0.528. The fourth-order valence-corrected chi connectivity index (χ4v) is 2.92. The van der Waals surface area contributed by atoms with E-state index in [1.807, 2.05) is 18.2 Å². The van der Waals surface area contributed by atoms with Crippen LogP contribution in [0.25, 0.3) is 0 Å². The first-order valence-corrected chi connectivity index (χ1v) is 8.01. The van der Waals surface area contributed by atoms with Gasteiger partial charge in [-0.15, -0.1) is 11.8 Å². The minimum Gasteiger partial charge on any atom is -0.481 e. The Hall–Kier alpha value is -1.56. The number of nitrogens with zero attached hydrogens (tertiary/aromatic N) is 1. The van der Waals surface area contributed by atoms with Crippen LogP contribution in [0, 0.1) is 5.92 Å². The molecule has 22 heavy (non-hydrogen) atoms. The van der Waals surface area contributed by atoms with Crippen molar-refractivity contribution >= 4 is 23.7 Å². The predicted octanol–water partition coefficient (Wildman–Crippen LogP) is 3.14. The largest absolute Gasteiger partial charge is 0.481 e. The van der Waals surface area contributed by atoms with Crippen LogP contribution in [0.3, 0.4) is 0 Å². The molecule has 1 N–H and O–H groups in total. The zero-order valence-electron chi connectivity index (χ0n) is 13.6. The van der Waals surface area contributed by atoms with Crippen molar-refractivity contribution in [3.05, 3.63) is 30.1 Å². The fourth-order valence-electron chi connectivity index (χ4n) is 1.87. The summed E-state index contributed by atoms with van der Waals surface area (Å²) in [7, 11) is 0. The fraction of sp³-hybridized carbons (Fsp3) is 0.562. The van der Waals surface area contributed by atoms with Crippen LogP contribution in [0.4, 0.5) is 0 Å². The summed E-state index contributed by atoms with van der Waals surface area (Å²) in [6.07, 6.45) is 1.69. The maximum absolute atomic E-state index is 12.2. The van der Waals surface area contributed by atoms with E-state index >= 15 is 0 Å². The van der Waals surface area contributed by atoms with E-state index in [0.29, 0.717) is 5.75 Å². The molecule has 0 amide bonds. The van der Waals surface area contributed by atoms with Gasteiger partial charge in [0.1, 0.15) is 5.60 Å². The second-order valence-corrected chi connectivity index (χ2v) is 8.15. The van der Waals surface area contributed by atoms with Crippen LogP contribution in [-0.4, -0.2) is 32.4 Å². The van der Waals surface area contributed by atoms with Crippen LogP contribution in [0.5, 0.6) is 0 Å².